The molecule has 2 atom stereocenters. The van der Waals surface area contributed by atoms with E-state index in [0.717, 1.165) is 25.2 Å². The molecule has 0 N–H and O–H groups in total. The van der Waals surface area contributed by atoms with Gasteiger partial charge in [0.25, 0.3) is 10.1 Å². The van der Waals surface area contributed by atoms with Crippen LogP contribution in [0.2, 0.25) is 0 Å². The maximum Gasteiger partial charge on any atom is 0.264 e. The van der Waals surface area contributed by atoms with Crippen molar-refractivity contribution in [2.24, 2.45) is 22.4 Å². The van der Waals surface area contributed by atoms with Crippen molar-refractivity contribution < 1.29 is 26.2 Å². The number of hydrogen-bond acceptors (Lipinski definition) is 5. The molecule has 27 heavy (non-hydrogen) atoms. The first-order valence-corrected chi connectivity index (χ1v) is 10.6. The van der Waals surface area contributed by atoms with Crippen LogP contribution in [-0.4, -0.2) is 38.4 Å². The first-order chi connectivity index (χ1) is 12.7. The molecule has 1 aromatic rings. The average molecular weight is 398 g/mol. The number of nitrogens with zero attached hydrogens (tertiary/aromatic N) is 2. The van der Waals surface area contributed by atoms with Crippen molar-refractivity contribution in [2.45, 2.75) is 31.7 Å². The number of hydrogen-bond donors (Lipinski definition) is 0. The predicted octanol–water partition coefficient (Wildman–Crippen LogP) is 2.62. The summed E-state index contributed by atoms with van der Waals surface area (Å²) in [4.78, 5) is 13.0. The molecule has 2 bridgehead atoms. The summed E-state index contributed by atoms with van der Waals surface area (Å²) in [5.41, 5.74) is 0.0941. The highest BCUT2D eigenvalue weighted by Crippen LogP contribution is 2.62. The van der Waals surface area contributed by atoms with Crippen LogP contribution in [0.3, 0.4) is 0 Å². The zero-order valence-corrected chi connectivity index (χ0v) is 15.6. The van der Waals surface area contributed by atoms with Gasteiger partial charge in [-0.1, -0.05) is 0 Å². The van der Waals surface area contributed by atoms with E-state index in [2.05, 4.69) is 5.10 Å². The van der Waals surface area contributed by atoms with Crippen LogP contribution in [0.15, 0.2) is 23.3 Å². The fraction of sp³-hybridized carbons (Fsp3) is 0.556. The summed E-state index contributed by atoms with van der Waals surface area (Å²) < 4.78 is 54.6. The van der Waals surface area contributed by atoms with E-state index in [-0.39, 0.29) is 29.8 Å². The third kappa shape index (κ3) is 3.50. The van der Waals surface area contributed by atoms with E-state index in [1.165, 1.54) is 17.1 Å². The number of halogens is 2. The second-order valence-electron chi connectivity index (χ2n) is 7.88. The summed E-state index contributed by atoms with van der Waals surface area (Å²) in [6.45, 7) is 0.0912. The van der Waals surface area contributed by atoms with Crippen molar-refractivity contribution in [3.8, 4) is 0 Å². The lowest BCUT2D eigenvalue weighted by molar-refractivity contribution is -0.138. The Balaban J connectivity index is 1.48. The van der Waals surface area contributed by atoms with Crippen LogP contribution in [0.1, 0.15) is 37.3 Å². The number of carbonyl (C=O) groups is 1. The summed E-state index contributed by atoms with van der Waals surface area (Å²) in [7, 11) is -3.52. The maximum absolute atomic E-state index is 13.6. The largest absolute Gasteiger partial charge is 0.273 e. The molecule has 1 amide bonds. The van der Waals surface area contributed by atoms with E-state index >= 15 is 0 Å². The van der Waals surface area contributed by atoms with Crippen molar-refractivity contribution in [3.05, 3.63) is 35.4 Å². The Kier molecular flexibility index (Phi) is 4.34. The molecule has 0 spiro atoms. The first-order valence-electron chi connectivity index (χ1n) is 8.82. The third-order valence-corrected chi connectivity index (χ3v) is 6.38. The molecule has 1 heterocycles. The number of carbonyl (C=O) groups excluding carboxylic acids is 1. The van der Waals surface area contributed by atoms with Gasteiger partial charge in [0.1, 0.15) is 11.6 Å². The molecule has 1 aliphatic heterocycles. The summed E-state index contributed by atoms with van der Waals surface area (Å²) in [6, 6.07) is 2.71. The van der Waals surface area contributed by atoms with Gasteiger partial charge in [0, 0.05) is 24.6 Å². The van der Waals surface area contributed by atoms with Gasteiger partial charge in [0.15, 0.2) is 0 Å². The standard InChI is InChI=1S/C18H20F2N2O4S/c1-27(24,25)26-10-18-7-12(8-18)15(9-18)17(23)22-16(2-3-21-22)11-4-13(19)6-14(20)5-11/h3-6,12,15-16H,2,7-10H2,1H3/t12?,15-,16?,18?/m0/s1. The number of hydrazone groups is 1. The molecule has 1 unspecified atom stereocenters. The van der Waals surface area contributed by atoms with Crippen LogP contribution in [0, 0.1) is 28.9 Å². The van der Waals surface area contributed by atoms with Gasteiger partial charge in [0.05, 0.1) is 18.9 Å². The number of rotatable bonds is 5. The van der Waals surface area contributed by atoms with E-state index in [0.29, 0.717) is 18.4 Å². The predicted molar refractivity (Wildman–Crippen MR) is 93.1 cm³/mol. The smallest absolute Gasteiger partial charge is 0.264 e. The topological polar surface area (TPSA) is 76.0 Å². The zero-order chi connectivity index (χ0) is 19.4. The molecule has 9 heteroatoms. The van der Waals surface area contributed by atoms with E-state index in [9.17, 15) is 22.0 Å². The highest BCUT2D eigenvalue weighted by molar-refractivity contribution is 7.85. The van der Waals surface area contributed by atoms with Crippen LogP contribution in [0.4, 0.5) is 8.78 Å². The molecular formula is C18H20F2N2O4S. The molecule has 0 aromatic heterocycles. The number of benzene rings is 1. The summed E-state index contributed by atoms with van der Waals surface area (Å²) >= 11 is 0. The first kappa shape index (κ1) is 18.5. The Morgan fingerprint density at radius 2 is 1.93 bits per heavy atom. The average Bonchev–Trinajstić information content (AvgIpc) is 3.23. The van der Waals surface area contributed by atoms with Crippen LogP contribution in [0.5, 0.6) is 0 Å². The summed E-state index contributed by atoms with van der Waals surface area (Å²) in [6.07, 6.45) is 5.02. The summed E-state index contributed by atoms with van der Waals surface area (Å²) in [5.74, 6) is -1.67. The molecule has 5 rings (SSSR count). The Morgan fingerprint density at radius 3 is 2.56 bits per heavy atom. The second-order valence-corrected chi connectivity index (χ2v) is 9.52. The van der Waals surface area contributed by atoms with Gasteiger partial charge in [-0.05, 0) is 48.3 Å². The minimum Gasteiger partial charge on any atom is -0.273 e. The van der Waals surface area contributed by atoms with Gasteiger partial charge in [-0.15, -0.1) is 0 Å². The lowest BCUT2D eigenvalue weighted by atomic mass is 9.70. The molecule has 3 fully saturated rings. The summed E-state index contributed by atoms with van der Waals surface area (Å²) in [5, 5.41) is 5.47. The van der Waals surface area contributed by atoms with Crippen LogP contribution in [-0.2, 0) is 19.1 Å². The Morgan fingerprint density at radius 1 is 1.26 bits per heavy atom. The lowest BCUT2D eigenvalue weighted by Gasteiger charge is -2.37. The van der Waals surface area contributed by atoms with Crippen LogP contribution in [0.25, 0.3) is 0 Å². The van der Waals surface area contributed by atoms with Gasteiger partial charge in [-0.2, -0.15) is 13.5 Å². The SMILES string of the molecule is CS(=O)(=O)OCC12CC(C1)[C@@H](C(=O)N1N=CCC1c1cc(F)cc(F)c1)C2. The molecule has 146 valence electrons. The maximum atomic E-state index is 13.6. The number of fused-ring (bicyclic) bond motifs is 1. The van der Waals surface area contributed by atoms with E-state index in [4.69, 9.17) is 4.18 Å². The molecule has 6 nitrogen and oxygen atoms in total. The van der Waals surface area contributed by atoms with Crippen molar-refractivity contribution in [3.63, 3.8) is 0 Å². The fourth-order valence-electron chi connectivity index (χ4n) is 4.68. The van der Waals surface area contributed by atoms with Gasteiger partial charge < -0.3 is 0 Å². The monoisotopic (exact) mass is 398 g/mol. The zero-order valence-electron chi connectivity index (χ0n) is 14.8. The van der Waals surface area contributed by atoms with Gasteiger partial charge >= 0.3 is 0 Å². The fourth-order valence-corrected chi connectivity index (χ4v) is 5.14. The van der Waals surface area contributed by atoms with Gasteiger partial charge in [-0.25, -0.2) is 13.8 Å². The Labute approximate surface area is 156 Å². The van der Waals surface area contributed by atoms with Gasteiger partial charge in [0.2, 0.25) is 5.91 Å². The lowest BCUT2D eigenvalue weighted by Crippen LogP contribution is -2.36. The molecule has 3 aliphatic carbocycles. The van der Waals surface area contributed by atoms with Crippen molar-refractivity contribution in [2.75, 3.05) is 12.9 Å². The quantitative estimate of drug-likeness (QED) is 0.715. The molecule has 0 radical (unpaired) electrons. The van der Waals surface area contributed by atoms with Crippen LogP contribution >= 0.6 is 0 Å². The van der Waals surface area contributed by atoms with Crippen molar-refractivity contribution >= 4 is 22.2 Å². The number of amides is 1. The molecule has 0 saturated heterocycles. The second kappa shape index (κ2) is 6.34. The minimum atomic E-state index is -3.52. The minimum absolute atomic E-state index is 0.0912. The Bertz CT molecular complexity index is 892. The molecular weight excluding hydrogens is 378 g/mol. The highest BCUT2D eigenvalue weighted by atomic mass is 32.2. The van der Waals surface area contributed by atoms with E-state index < -0.39 is 27.8 Å². The van der Waals surface area contributed by atoms with Gasteiger partial charge in [-0.3, -0.25) is 8.98 Å². The third-order valence-electron chi connectivity index (χ3n) is 5.83. The van der Waals surface area contributed by atoms with Crippen molar-refractivity contribution in [1.29, 1.82) is 0 Å². The molecule has 1 aromatic carbocycles. The van der Waals surface area contributed by atoms with E-state index in [1.54, 1.807) is 6.21 Å². The van der Waals surface area contributed by atoms with Crippen molar-refractivity contribution in [1.82, 2.24) is 5.01 Å². The normalized spacial score (nSPS) is 32.0. The van der Waals surface area contributed by atoms with Crippen LogP contribution < -0.4 is 0 Å². The highest BCUT2D eigenvalue weighted by Gasteiger charge is 2.59. The molecule has 3 saturated carbocycles. The van der Waals surface area contributed by atoms with E-state index in [1.807, 2.05) is 0 Å². The Hall–Kier alpha value is -1.87. The molecule has 4 aliphatic rings.